The van der Waals surface area contributed by atoms with Crippen LogP contribution in [0.15, 0.2) is 60.8 Å². The van der Waals surface area contributed by atoms with Gasteiger partial charge < -0.3 is 0 Å². The molecule has 154 valence electrons. The zero-order valence-electron chi connectivity index (χ0n) is 15.4. The Kier molecular flexibility index (Phi) is 4.56. The average Bonchev–Trinajstić information content (AvgIpc) is 3.02. The van der Waals surface area contributed by atoms with Gasteiger partial charge in [-0.05, 0) is 55.0 Å². The molecule has 2 aromatic carbocycles. The molecule has 2 heterocycles. The number of imidazole rings is 1. The third-order valence-corrected chi connectivity index (χ3v) is 4.69. The van der Waals surface area contributed by atoms with Gasteiger partial charge in [-0.1, -0.05) is 12.1 Å². The van der Waals surface area contributed by atoms with Gasteiger partial charge in [-0.2, -0.15) is 26.3 Å². The number of alkyl halides is 6. The van der Waals surface area contributed by atoms with Gasteiger partial charge >= 0.3 is 12.4 Å². The summed E-state index contributed by atoms with van der Waals surface area (Å²) in [7, 11) is 0. The Labute approximate surface area is 166 Å². The van der Waals surface area contributed by atoms with Crippen LogP contribution in [0.5, 0.6) is 0 Å². The number of halogens is 6. The lowest BCUT2D eigenvalue weighted by atomic mass is 10.0. The van der Waals surface area contributed by atoms with Crippen molar-refractivity contribution in [3.63, 3.8) is 0 Å². The van der Waals surface area contributed by atoms with Gasteiger partial charge in [0, 0.05) is 17.4 Å². The molecular weight excluding hydrogens is 408 g/mol. The molecular formula is C21H13F6N3. The first kappa shape index (κ1) is 19.9. The Morgan fingerprint density at radius 2 is 1.27 bits per heavy atom. The summed E-state index contributed by atoms with van der Waals surface area (Å²) in [5.41, 5.74) is 0.837. The van der Waals surface area contributed by atoms with Crippen molar-refractivity contribution in [2.24, 2.45) is 0 Å². The van der Waals surface area contributed by atoms with E-state index in [4.69, 9.17) is 0 Å². The highest BCUT2D eigenvalue weighted by Crippen LogP contribution is 2.34. The Morgan fingerprint density at radius 3 is 1.80 bits per heavy atom. The SMILES string of the molecule is Cc1nc2c(-c3ccc(C(F)(F)F)cc3)ccnc2n1-c1ccc(C(F)(F)F)cc1. The van der Waals surface area contributed by atoms with Crippen LogP contribution in [-0.2, 0) is 12.4 Å². The standard InChI is InChI=1S/C21H13F6N3/c1-12-29-18-17(13-2-4-14(5-3-13)20(22,23)24)10-11-28-19(18)30(12)16-8-6-15(7-9-16)21(25,26)27/h2-11H,1H3. The van der Waals surface area contributed by atoms with Gasteiger partial charge in [0.25, 0.3) is 0 Å². The zero-order valence-corrected chi connectivity index (χ0v) is 15.4. The molecule has 0 spiro atoms. The maximum Gasteiger partial charge on any atom is 0.416 e. The van der Waals surface area contributed by atoms with E-state index < -0.39 is 23.5 Å². The first-order chi connectivity index (χ1) is 14.1. The van der Waals surface area contributed by atoms with Crippen molar-refractivity contribution >= 4 is 11.2 Å². The number of rotatable bonds is 2. The summed E-state index contributed by atoms with van der Waals surface area (Å²) in [5, 5.41) is 0. The molecule has 0 unspecified atom stereocenters. The molecule has 3 nitrogen and oxygen atoms in total. The minimum Gasteiger partial charge on any atom is -0.281 e. The average molecular weight is 421 g/mol. The number of nitrogens with zero attached hydrogens (tertiary/aromatic N) is 3. The minimum absolute atomic E-state index is 0.393. The summed E-state index contributed by atoms with van der Waals surface area (Å²) in [6, 6.07) is 10.9. The van der Waals surface area contributed by atoms with E-state index in [1.54, 1.807) is 17.6 Å². The van der Waals surface area contributed by atoms with E-state index in [1.807, 2.05) is 0 Å². The van der Waals surface area contributed by atoms with E-state index in [1.165, 1.54) is 30.5 Å². The minimum atomic E-state index is -4.45. The molecule has 0 saturated carbocycles. The summed E-state index contributed by atoms with van der Waals surface area (Å²) in [6.45, 7) is 1.68. The van der Waals surface area contributed by atoms with Gasteiger partial charge in [-0.15, -0.1) is 0 Å². The van der Waals surface area contributed by atoms with E-state index >= 15 is 0 Å². The normalized spacial score (nSPS) is 12.5. The van der Waals surface area contributed by atoms with Crippen molar-refractivity contribution < 1.29 is 26.3 Å². The maximum atomic E-state index is 12.8. The number of hydrogen-bond donors (Lipinski definition) is 0. The Morgan fingerprint density at radius 1 is 0.733 bits per heavy atom. The van der Waals surface area contributed by atoms with Crippen molar-refractivity contribution in [1.82, 2.24) is 14.5 Å². The molecule has 4 rings (SSSR count). The molecule has 0 fully saturated rings. The van der Waals surface area contributed by atoms with Gasteiger partial charge in [-0.25, -0.2) is 9.97 Å². The molecule has 0 atom stereocenters. The van der Waals surface area contributed by atoms with Gasteiger partial charge in [0.2, 0.25) is 0 Å². The number of benzene rings is 2. The van der Waals surface area contributed by atoms with Crippen molar-refractivity contribution in [3.8, 4) is 16.8 Å². The highest BCUT2D eigenvalue weighted by atomic mass is 19.4. The summed E-state index contributed by atoms with van der Waals surface area (Å²) < 4.78 is 78.6. The Hall–Kier alpha value is -3.36. The molecule has 9 heteroatoms. The van der Waals surface area contributed by atoms with E-state index in [9.17, 15) is 26.3 Å². The fourth-order valence-corrected chi connectivity index (χ4v) is 3.26. The van der Waals surface area contributed by atoms with Crippen molar-refractivity contribution in [3.05, 3.63) is 77.7 Å². The van der Waals surface area contributed by atoms with Gasteiger partial charge in [0.05, 0.1) is 11.1 Å². The maximum absolute atomic E-state index is 12.8. The van der Waals surface area contributed by atoms with E-state index in [-0.39, 0.29) is 0 Å². The number of aromatic nitrogens is 3. The molecule has 0 bridgehead atoms. The molecule has 30 heavy (non-hydrogen) atoms. The van der Waals surface area contributed by atoms with Gasteiger partial charge in [0.1, 0.15) is 11.3 Å². The van der Waals surface area contributed by atoms with Crippen LogP contribution in [-0.4, -0.2) is 14.5 Å². The van der Waals surface area contributed by atoms with E-state index in [2.05, 4.69) is 9.97 Å². The summed E-state index contributed by atoms with van der Waals surface area (Å²) in [5.74, 6) is 0.483. The fraction of sp³-hybridized carbons (Fsp3) is 0.143. The van der Waals surface area contributed by atoms with E-state index in [0.717, 1.165) is 24.3 Å². The largest absolute Gasteiger partial charge is 0.416 e. The van der Waals surface area contributed by atoms with Crippen LogP contribution in [0, 0.1) is 6.92 Å². The summed E-state index contributed by atoms with van der Waals surface area (Å²) in [6.07, 6.45) is -7.40. The lowest BCUT2D eigenvalue weighted by Gasteiger charge is -2.10. The number of aryl methyl sites for hydroxylation is 1. The first-order valence-corrected chi connectivity index (χ1v) is 8.75. The second kappa shape index (κ2) is 6.86. The number of pyridine rings is 1. The van der Waals surface area contributed by atoms with Crippen LogP contribution < -0.4 is 0 Å². The third-order valence-electron chi connectivity index (χ3n) is 4.69. The predicted octanol–water partition coefficient (Wildman–Crippen LogP) is 6.43. The molecule has 0 N–H and O–H groups in total. The lowest BCUT2D eigenvalue weighted by molar-refractivity contribution is -0.138. The monoisotopic (exact) mass is 421 g/mol. The molecule has 0 saturated heterocycles. The third kappa shape index (κ3) is 3.51. The smallest absolute Gasteiger partial charge is 0.281 e. The summed E-state index contributed by atoms with van der Waals surface area (Å²) in [4.78, 5) is 8.75. The second-order valence-electron chi connectivity index (χ2n) is 6.64. The number of hydrogen-bond acceptors (Lipinski definition) is 2. The van der Waals surface area contributed by atoms with Crippen molar-refractivity contribution in [2.45, 2.75) is 19.3 Å². The van der Waals surface area contributed by atoms with Gasteiger partial charge in [-0.3, -0.25) is 4.57 Å². The van der Waals surface area contributed by atoms with Crippen molar-refractivity contribution in [2.75, 3.05) is 0 Å². The molecule has 0 aliphatic heterocycles. The topological polar surface area (TPSA) is 30.7 Å². The molecule has 0 aliphatic rings. The Balaban J connectivity index is 1.81. The van der Waals surface area contributed by atoms with Crippen LogP contribution in [0.25, 0.3) is 28.0 Å². The highest BCUT2D eigenvalue weighted by molar-refractivity contribution is 5.91. The van der Waals surface area contributed by atoms with Crippen LogP contribution >= 0.6 is 0 Å². The Bertz CT molecular complexity index is 1200. The second-order valence-corrected chi connectivity index (χ2v) is 6.64. The van der Waals surface area contributed by atoms with E-state index in [0.29, 0.717) is 33.8 Å². The molecule has 0 amide bonds. The first-order valence-electron chi connectivity index (χ1n) is 8.75. The van der Waals surface area contributed by atoms with Crippen LogP contribution in [0.4, 0.5) is 26.3 Å². The van der Waals surface area contributed by atoms with Crippen molar-refractivity contribution in [1.29, 1.82) is 0 Å². The predicted molar refractivity (Wildman–Crippen MR) is 99.0 cm³/mol. The quantitative estimate of drug-likeness (QED) is 0.349. The molecule has 0 aliphatic carbocycles. The van der Waals surface area contributed by atoms with Crippen LogP contribution in [0.2, 0.25) is 0 Å². The van der Waals surface area contributed by atoms with Crippen LogP contribution in [0.3, 0.4) is 0 Å². The summed E-state index contributed by atoms with van der Waals surface area (Å²) >= 11 is 0. The van der Waals surface area contributed by atoms with Gasteiger partial charge in [0.15, 0.2) is 5.65 Å². The highest BCUT2D eigenvalue weighted by Gasteiger charge is 2.31. The molecule has 4 aromatic rings. The fourth-order valence-electron chi connectivity index (χ4n) is 3.26. The molecule has 2 aromatic heterocycles. The zero-order chi connectivity index (χ0) is 21.7. The molecule has 0 radical (unpaired) electrons. The lowest BCUT2D eigenvalue weighted by Crippen LogP contribution is -2.05. The number of fused-ring (bicyclic) bond motifs is 1. The van der Waals surface area contributed by atoms with Crippen LogP contribution in [0.1, 0.15) is 17.0 Å².